The van der Waals surface area contributed by atoms with Crippen LogP contribution in [-0.4, -0.2) is 13.7 Å². The first-order valence-corrected chi connectivity index (χ1v) is 10.3. The Hall–Kier alpha value is -0.840. The fourth-order valence-electron chi connectivity index (χ4n) is 4.36. The molecule has 0 heterocycles. The van der Waals surface area contributed by atoms with Gasteiger partial charge in [-0.2, -0.15) is 7.11 Å². The topological polar surface area (TPSA) is 32.3 Å². The van der Waals surface area contributed by atoms with Crippen molar-refractivity contribution in [2.45, 2.75) is 38.0 Å². The molecule has 0 aliphatic heterocycles. The maximum Gasteiger partial charge on any atom is 1.00 e. The Morgan fingerprint density at radius 3 is 2.57 bits per heavy atom. The molecule has 0 N–H and O–H groups in total. The van der Waals surface area contributed by atoms with Crippen molar-refractivity contribution in [1.29, 1.82) is 0 Å². The predicted octanol–water partition coefficient (Wildman–Crippen LogP) is 2.11. The van der Waals surface area contributed by atoms with E-state index in [2.05, 4.69) is 83.5 Å². The third-order valence-electron chi connectivity index (χ3n) is 5.47. The average molecular weight is 449 g/mol. The molecular weight excluding hydrogens is 423 g/mol. The number of rotatable bonds is 4. The monoisotopic (exact) mass is 448 g/mol. The average Bonchev–Trinajstić information content (AvgIpc) is 2.70. The third kappa shape index (κ3) is 4.83. The number of hydrogen-bond donors (Lipinski definition) is 0. The molecular formula is C24H26BrNaO2. The van der Waals surface area contributed by atoms with Crippen LogP contribution in [-0.2, 0) is 23.0 Å². The summed E-state index contributed by atoms with van der Waals surface area (Å²) < 4.78 is 7.01. The molecule has 2 aromatic carbocycles. The summed E-state index contributed by atoms with van der Waals surface area (Å²) in [6.07, 6.45) is 8.87. The predicted molar refractivity (Wildman–Crippen MR) is 113 cm³/mol. The maximum absolute atomic E-state index is 8.25. The van der Waals surface area contributed by atoms with Gasteiger partial charge in [-0.15, -0.1) is 0 Å². The summed E-state index contributed by atoms with van der Waals surface area (Å²) >= 11 is 3.64. The first-order valence-electron chi connectivity index (χ1n) is 9.49. The van der Waals surface area contributed by atoms with E-state index >= 15 is 0 Å². The van der Waals surface area contributed by atoms with Crippen LogP contribution < -0.4 is 34.7 Å². The standard InChI is InChI=1S/C23H23BrO.CH3O.Na/c1-2-25-21-12-13-23(16-17-6-4-3-5-7-17)19(15-21)9-8-18-14-20(24)10-11-22(18)23;1-2;/h3-7,9-11,14-15H,2,8,12-13,16H2,1H3;1H3;/q;-1;+1/t23-;;/m0../s1. The van der Waals surface area contributed by atoms with Gasteiger partial charge in [0.05, 0.1) is 12.4 Å². The van der Waals surface area contributed by atoms with Crippen LogP contribution in [0.2, 0.25) is 0 Å². The molecule has 0 spiro atoms. The van der Waals surface area contributed by atoms with E-state index in [4.69, 9.17) is 9.84 Å². The van der Waals surface area contributed by atoms with Crippen LogP contribution in [0.3, 0.4) is 0 Å². The zero-order valence-corrected chi connectivity index (χ0v) is 20.6. The van der Waals surface area contributed by atoms with Gasteiger partial charge in [0.1, 0.15) is 0 Å². The van der Waals surface area contributed by atoms with E-state index < -0.39 is 0 Å². The van der Waals surface area contributed by atoms with Gasteiger partial charge in [0.25, 0.3) is 0 Å². The zero-order valence-electron chi connectivity index (χ0n) is 17.0. The Labute approximate surface area is 199 Å². The van der Waals surface area contributed by atoms with E-state index in [0.717, 1.165) is 45.2 Å². The Morgan fingerprint density at radius 1 is 1.11 bits per heavy atom. The number of halogens is 1. The second-order valence-corrected chi connectivity index (χ2v) is 7.87. The molecule has 2 aliphatic carbocycles. The second-order valence-electron chi connectivity index (χ2n) is 6.95. The summed E-state index contributed by atoms with van der Waals surface area (Å²) in [6.45, 7) is 2.81. The molecule has 0 amide bonds. The molecule has 28 heavy (non-hydrogen) atoms. The van der Waals surface area contributed by atoms with Gasteiger partial charge in [0, 0.05) is 16.3 Å². The third-order valence-corrected chi connectivity index (χ3v) is 5.96. The van der Waals surface area contributed by atoms with E-state index in [0.29, 0.717) is 0 Å². The zero-order chi connectivity index (χ0) is 19.3. The molecule has 2 nitrogen and oxygen atoms in total. The number of benzene rings is 2. The van der Waals surface area contributed by atoms with E-state index in [1.807, 2.05) is 0 Å². The Kier molecular flexibility index (Phi) is 9.04. The largest absolute Gasteiger partial charge is 1.00 e. The number of ether oxygens (including phenoxy) is 1. The minimum Gasteiger partial charge on any atom is -0.857 e. The van der Waals surface area contributed by atoms with Crippen molar-refractivity contribution in [1.82, 2.24) is 0 Å². The molecule has 0 radical (unpaired) electrons. The second kappa shape index (κ2) is 10.8. The SMILES string of the molecule is CCOC1=CC2=CCc3cc(Br)ccc3[C@]2(Cc2ccccc2)CC1.C[O-].[Na+]. The minimum absolute atomic E-state index is 0. The molecule has 2 aliphatic rings. The summed E-state index contributed by atoms with van der Waals surface area (Å²) in [4.78, 5) is 0. The molecule has 142 valence electrons. The number of allylic oxidation sites excluding steroid dienone is 4. The van der Waals surface area contributed by atoms with Crippen LogP contribution in [0.5, 0.6) is 0 Å². The Balaban J connectivity index is 0.000000906. The van der Waals surface area contributed by atoms with Gasteiger partial charge in [-0.1, -0.05) is 58.4 Å². The first kappa shape index (κ1) is 23.4. The quantitative estimate of drug-likeness (QED) is 0.670. The normalized spacial score (nSPS) is 19.6. The molecule has 0 unspecified atom stereocenters. The fraction of sp³-hybridized carbons (Fsp3) is 0.333. The van der Waals surface area contributed by atoms with Gasteiger partial charge in [0.2, 0.25) is 0 Å². The molecule has 0 saturated carbocycles. The molecule has 0 fully saturated rings. The Bertz CT molecular complexity index is 845. The van der Waals surface area contributed by atoms with Gasteiger partial charge in [-0.3, -0.25) is 0 Å². The maximum atomic E-state index is 8.25. The molecule has 2 aromatic rings. The molecule has 0 bridgehead atoms. The van der Waals surface area contributed by atoms with Crippen LogP contribution in [0.1, 0.15) is 36.5 Å². The van der Waals surface area contributed by atoms with Crippen molar-refractivity contribution in [3.05, 3.63) is 93.2 Å². The summed E-state index contributed by atoms with van der Waals surface area (Å²) in [7, 11) is 0.750. The summed E-state index contributed by atoms with van der Waals surface area (Å²) in [5.41, 5.74) is 5.83. The van der Waals surface area contributed by atoms with E-state index in [9.17, 15) is 0 Å². The van der Waals surface area contributed by atoms with Gasteiger partial charge in [-0.05, 0) is 66.7 Å². The van der Waals surface area contributed by atoms with Crippen LogP contribution in [0, 0.1) is 0 Å². The van der Waals surface area contributed by atoms with Crippen LogP contribution in [0.4, 0.5) is 0 Å². The molecule has 0 aromatic heterocycles. The van der Waals surface area contributed by atoms with Crippen molar-refractivity contribution in [3.8, 4) is 0 Å². The fourth-order valence-corrected chi connectivity index (χ4v) is 4.76. The minimum atomic E-state index is 0. The van der Waals surface area contributed by atoms with Crippen LogP contribution in [0.25, 0.3) is 0 Å². The Morgan fingerprint density at radius 2 is 1.86 bits per heavy atom. The summed E-state index contributed by atoms with van der Waals surface area (Å²) in [5.74, 6) is 1.14. The van der Waals surface area contributed by atoms with Gasteiger partial charge in [-0.25, -0.2) is 0 Å². The van der Waals surface area contributed by atoms with Crippen LogP contribution in [0.15, 0.2) is 76.5 Å². The molecule has 4 heteroatoms. The van der Waals surface area contributed by atoms with Crippen molar-refractivity contribution < 1.29 is 39.4 Å². The first-order chi connectivity index (χ1) is 13.2. The van der Waals surface area contributed by atoms with Crippen molar-refractivity contribution >= 4 is 15.9 Å². The van der Waals surface area contributed by atoms with Gasteiger partial charge in [0.15, 0.2) is 0 Å². The number of hydrogen-bond acceptors (Lipinski definition) is 2. The summed E-state index contributed by atoms with van der Waals surface area (Å²) in [5, 5.41) is 8.25. The van der Waals surface area contributed by atoms with Crippen molar-refractivity contribution in [2.75, 3.05) is 13.7 Å². The van der Waals surface area contributed by atoms with Gasteiger partial charge < -0.3 is 9.84 Å². The van der Waals surface area contributed by atoms with Crippen LogP contribution >= 0.6 is 15.9 Å². The van der Waals surface area contributed by atoms with E-state index in [1.165, 1.54) is 26.7 Å². The number of fused-ring (bicyclic) bond motifs is 3. The molecule has 4 rings (SSSR count). The molecule has 1 atom stereocenters. The smallest absolute Gasteiger partial charge is 0.857 e. The van der Waals surface area contributed by atoms with E-state index in [-0.39, 0.29) is 35.0 Å². The van der Waals surface area contributed by atoms with Crippen molar-refractivity contribution in [3.63, 3.8) is 0 Å². The van der Waals surface area contributed by atoms with E-state index in [1.54, 1.807) is 0 Å². The molecule has 0 saturated heterocycles. The van der Waals surface area contributed by atoms with Gasteiger partial charge >= 0.3 is 29.6 Å². The summed E-state index contributed by atoms with van der Waals surface area (Å²) in [6, 6.07) is 17.7. The van der Waals surface area contributed by atoms with Crippen molar-refractivity contribution in [2.24, 2.45) is 0 Å².